The van der Waals surface area contributed by atoms with Gasteiger partial charge in [-0.3, -0.25) is 14.7 Å². The summed E-state index contributed by atoms with van der Waals surface area (Å²) in [6.45, 7) is 1.36. The van der Waals surface area contributed by atoms with Crippen molar-refractivity contribution in [2.75, 3.05) is 0 Å². The fourth-order valence-electron chi connectivity index (χ4n) is 2.67. The van der Waals surface area contributed by atoms with E-state index in [0.29, 0.717) is 24.5 Å². The van der Waals surface area contributed by atoms with E-state index in [1.54, 1.807) is 0 Å². The zero-order valence-corrected chi connectivity index (χ0v) is 14.4. The zero-order valence-electron chi connectivity index (χ0n) is 14.4. The number of hydrogen-bond acceptors (Lipinski definition) is 6. The lowest BCUT2D eigenvalue weighted by atomic mass is 10.1. The molecule has 1 aliphatic carbocycles. The fraction of sp³-hybridized carbons (Fsp3) is 0.412. The van der Waals surface area contributed by atoms with Gasteiger partial charge in [-0.2, -0.15) is 5.10 Å². The van der Waals surface area contributed by atoms with E-state index in [0.717, 1.165) is 12.5 Å². The van der Waals surface area contributed by atoms with Crippen LogP contribution in [0.15, 0.2) is 30.3 Å². The molecule has 1 aromatic carbocycles. The summed E-state index contributed by atoms with van der Waals surface area (Å²) in [5, 5.41) is 26.8. The monoisotopic (exact) mass is 361 g/mol. The van der Waals surface area contributed by atoms with Crippen molar-refractivity contribution in [2.45, 2.75) is 38.5 Å². The topological polar surface area (TPSA) is 154 Å². The third kappa shape index (κ3) is 5.64. The molecule has 3 atom stereocenters. The van der Waals surface area contributed by atoms with Crippen LogP contribution in [0, 0.1) is 5.92 Å². The number of aliphatic hydroxyl groups is 1. The van der Waals surface area contributed by atoms with Crippen LogP contribution < -0.4 is 11.1 Å². The van der Waals surface area contributed by atoms with Crippen molar-refractivity contribution in [1.29, 1.82) is 0 Å². The van der Waals surface area contributed by atoms with E-state index in [9.17, 15) is 9.90 Å². The number of aliphatic hydroxyl groups excluding tert-OH is 1. The van der Waals surface area contributed by atoms with Crippen molar-refractivity contribution in [3.8, 4) is 11.4 Å². The maximum absolute atomic E-state index is 12.0. The number of amides is 1. The summed E-state index contributed by atoms with van der Waals surface area (Å²) in [5.74, 6) is 0.0179. The first-order chi connectivity index (χ1) is 12.4. The van der Waals surface area contributed by atoms with E-state index in [4.69, 9.17) is 15.6 Å². The van der Waals surface area contributed by atoms with E-state index >= 15 is 0 Å². The van der Waals surface area contributed by atoms with Gasteiger partial charge in [-0.05, 0) is 12.8 Å². The second kappa shape index (κ2) is 9.07. The van der Waals surface area contributed by atoms with Crippen molar-refractivity contribution >= 4 is 11.9 Å². The molecule has 9 nitrogen and oxygen atoms in total. The van der Waals surface area contributed by atoms with Gasteiger partial charge >= 0.3 is 0 Å². The Bertz CT molecular complexity index is 720. The van der Waals surface area contributed by atoms with Crippen LogP contribution in [-0.4, -0.2) is 49.4 Å². The first-order valence-corrected chi connectivity index (χ1v) is 8.24. The summed E-state index contributed by atoms with van der Waals surface area (Å²) in [4.78, 5) is 25.4. The molecular formula is C17H23N5O4. The Labute approximate surface area is 150 Å². The molecule has 1 amide bonds. The number of carbonyl (C=O) groups excluding carboxylic acids is 1. The number of aromatic amines is 1. The van der Waals surface area contributed by atoms with Gasteiger partial charge in [-0.25, -0.2) is 4.98 Å². The molecule has 1 aliphatic rings. The van der Waals surface area contributed by atoms with Gasteiger partial charge in [0.1, 0.15) is 5.82 Å². The number of nitrogens with one attached hydrogen (secondary N) is 2. The number of aliphatic carboxylic acids is 1. The van der Waals surface area contributed by atoms with Crippen LogP contribution in [0.4, 0.5) is 0 Å². The molecule has 1 fully saturated rings. The largest absolute Gasteiger partial charge is 0.481 e. The van der Waals surface area contributed by atoms with Crippen LogP contribution in [0.5, 0.6) is 0 Å². The Balaban J connectivity index is 0.000000552. The number of H-pyrrole nitrogens is 1. The molecule has 3 rings (SSSR count). The SMILES string of the molecule is CC(=O)O.N[C@@H]1C[C@H](C(=O)NCc2nc(-c3ccccc3)n[nH]2)C[C@H]1O. The van der Waals surface area contributed by atoms with Crippen molar-refractivity contribution < 1.29 is 19.8 Å². The first kappa shape index (κ1) is 19.5. The number of nitrogens with two attached hydrogens (primary N) is 1. The molecule has 6 N–H and O–H groups in total. The molecule has 26 heavy (non-hydrogen) atoms. The molecule has 0 bridgehead atoms. The average Bonchev–Trinajstić information content (AvgIpc) is 3.20. The summed E-state index contributed by atoms with van der Waals surface area (Å²) in [7, 11) is 0. The molecule has 0 unspecified atom stereocenters. The Kier molecular flexibility index (Phi) is 6.81. The van der Waals surface area contributed by atoms with Gasteiger partial charge in [0.15, 0.2) is 5.82 Å². The number of carboxylic acids is 1. The van der Waals surface area contributed by atoms with Crippen molar-refractivity contribution in [1.82, 2.24) is 20.5 Å². The summed E-state index contributed by atoms with van der Waals surface area (Å²) >= 11 is 0. The maximum atomic E-state index is 12.0. The molecule has 2 aromatic rings. The van der Waals surface area contributed by atoms with Crippen LogP contribution >= 0.6 is 0 Å². The molecule has 0 radical (unpaired) electrons. The van der Waals surface area contributed by atoms with Crippen LogP contribution in [0.25, 0.3) is 11.4 Å². The Hall–Kier alpha value is -2.78. The molecular weight excluding hydrogens is 338 g/mol. The minimum Gasteiger partial charge on any atom is -0.481 e. The molecule has 9 heteroatoms. The number of nitrogens with zero attached hydrogens (tertiary/aromatic N) is 2. The fourth-order valence-corrected chi connectivity index (χ4v) is 2.67. The molecule has 140 valence electrons. The number of benzene rings is 1. The summed E-state index contributed by atoms with van der Waals surface area (Å²) in [6, 6.07) is 9.30. The van der Waals surface area contributed by atoms with E-state index in [1.165, 1.54) is 0 Å². The smallest absolute Gasteiger partial charge is 0.300 e. The predicted octanol–water partition coefficient (Wildman–Crippen LogP) is 0.277. The van der Waals surface area contributed by atoms with Crippen molar-refractivity contribution in [3.05, 3.63) is 36.2 Å². The van der Waals surface area contributed by atoms with Crippen LogP contribution in [0.3, 0.4) is 0 Å². The molecule has 1 heterocycles. The normalized spacial score (nSPS) is 21.6. The Morgan fingerprint density at radius 1 is 1.31 bits per heavy atom. The molecule has 1 aromatic heterocycles. The average molecular weight is 361 g/mol. The van der Waals surface area contributed by atoms with Gasteiger partial charge in [0.2, 0.25) is 5.91 Å². The molecule has 0 aliphatic heterocycles. The highest BCUT2D eigenvalue weighted by molar-refractivity contribution is 5.79. The highest BCUT2D eigenvalue weighted by atomic mass is 16.4. The lowest BCUT2D eigenvalue weighted by Gasteiger charge is -2.08. The Morgan fingerprint density at radius 2 is 1.96 bits per heavy atom. The summed E-state index contributed by atoms with van der Waals surface area (Å²) < 4.78 is 0. The quantitative estimate of drug-likeness (QED) is 0.524. The van der Waals surface area contributed by atoms with E-state index in [-0.39, 0.29) is 24.4 Å². The highest BCUT2D eigenvalue weighted by Crippen LogP contribution is 2.24. The number of carbonyl (C=O) groups is 2. The van der Waals surface area contributed by atoms with Crippen LogP contribution in [-0.2, 0) is 16.1 Å². The highest BCUT2D eigenvalue weighted by Gasteiger charge is 2.34. The molecule has 0 saturated heterocycles. The minimum atomic E-state index is -0.833. The van der Waals surface area contributed by atoms with Crippen LogP contribution in [0.1, 0.15) is 25.6 Å². The van der Waals surface area contributed by atoms with E-state index in [1.807, 2.05) is 30.3 Å². The first-order valence-electron chi connectivity index (χ1n) is 8.24. The number of aromatic nitrogens is 3. The number of hydrogen-bond donors (Lipinski definition) is 5. The zero-order chi connectivity index (χ0) is 19.1. The van der Waals surface area contributed by atoms with Crippen molar-refractivity contribution in [3.63, 3.8) is 0 Å². The second-order valence-corrected chi connectivity index (χ2v) is 6.11. The lowest BCUT2D eigenvalue weighted by molar-refractivity contribution is -0.134. The van der Waals surface area contributed by atoms with Crippen molar-refractivity contribution in [2.24, 2.45) is 11.7 Å². The minimum absolute atomic E-state index is 0.107. The predicted molar refractivity (Wildman–Crippen MR) is 93.7 cm³/mol. The van der Waals surface area contributed by atoms with Gasteiger partial charge < -0.3 is 21.3 Å². The van der Waals surface area contributed by atoms with Gasteiger partial charge in [-0.15, -0.1) is 0 Å². The number of carboxylic acid groups (broad SMARTS) is 1. The maximum Gasteiger partial charge on any atom is 0.300 e. The standard InChI is InChI=1S/C15H19N5O2.C2H4O2/c16-11-6-10(7-12(11)21)15(22)17-8-13-18-14(20-19-13)9-4-2-1-3-5-9;1-2(3)4/h1-5,10-12,21H,6-8,16H2,(H,17,22)(H,18,19,20);1H3,(H,3,4)/t10-,11+,12+;/m0./s1. The second-order valence-electron chi connectivity index (χ2n) is 6.11. The Morgan fingerprint density at radius 3 is 2.54 bits per heavy atom. The number of rotatable bonds is 4. The lowest BCUT2D eigenvalue weighted by Crippen LogP contribution is -2.30. The van der Waals surface area contributed by atoms with E-state index < -0.39 is 12.1 Å². The van der Waals surface area contributed by atoms with Gasteiger partial charge in [0, 0.05) is 24.4 Å². The van der Waals surface area contributed by atoms with Gasteiger partial charge in [0.25, 0.3) is 5.97 Å². The third-order valence-electron chi connectivity index (χ3n) is 3.94. The molecule has 1 saturated carbocycles. The van der Waals surface area contributed by atoms with Crippen LogP contribution in [0.2, 0.25) is 0 Å². The van der Waals surface area contributed by atoms with Gasteiger partial charge in [0.05, 0.1) is 12.6 Å². The summed E-state index contributed by atoms with van der Waals surface area (Å²) in [6.07, 6.45) is 0.336. The van der Waals surface area contributed by atoms with Gasteiger partial charge in [-0.1, -0.05) is 30.3 Å². The van der Waals surface area contributed by atoms with E-state index in [2.05, 4.69) is 20.5 Å². The molecule has 0 spiro atoms. The summed E-state index contributed by atoms with van der Waals surface area (Å²) in [5.41, 5.74) is 6.64. The third-order valence-corrected chi connectivity index (χ3v) is 3.94.